The maximum atomic E-state index is 8.75. The summed E-state index contributed by atoms with van der Waals surface area (Å²) in [4.78, 5) is 11.0. The van der Waals surface area contributed by atoms with Crippen LogP contribution in [-0.4, -0.2) is 15.0 Å². The molecule has 2 N–H and O–H groups in total. The molecule has 18 heavy (non-hydrogen) atoms. The van der Waals surface area contributed by atoms with Crippen LogP contribution >= 0.6 is 0 Å². The zero-order valence-electron chi connectivity index (χ0n) is 9.99. The minimum absolute atomic E-state index is 0.338. The molecule has 0 aliphatic carbocycles. The van der Waals surface area contributed by atoms with Gasteiger partial charge in [-0.15, -0.1) is 0 Å². The molecule has 0 atom stereocenters. The first-order valence-corrected chi connectivity index (χ1v) is 5.78. The standard InChI is InChI=1S/C14H12N4/c1-9-12(6-7-15)18-14(17-9)11-8-16-13-5-3-2-4-10(11)13/h2-5,8,16H,6H2,1H3,(H,17,18). The zero-order chi connectivity index (χ0) is 12.5. The normalized spacial score (nSPS) is 10.7. The summed E-state index contributed by atoms with van der Waals surface area (Å²) in [6.45, 7) is 1.94. The van der Waals surface area contributed by atoms with Crippen molar-refractivity contribution in [3.05, 3.63) is 41.9 Å². The lowest BCUT2D eigenvalue weighted by Crippen LogP contribution is -1.84. The minimum Gasteiger partial charge on any atom is -0.360 e. The minimum atomic E-state index is 0.338. The average Bonchev–Trinajstić information content (AvgIpc) is 2.94. The van der Waals surface area contributed by atoms with Gasteiger partial charge in [0.15, 0.2) is 0 Å². The van der Waals surface area contributed by atoms with Gasteiger partial charge in [-0.1, -0.05) is 18.2 Å². The molecule has 0 aliphatic heterocycles. The van der Waals surface area contributed by atoms with Gasteiger partial charge in [0, 0.05) is 28.4 Å². The quantitative estimate of drug-likeness (QED) is 0.718. The molecule has 0 saturated carbocycles. The topological polar surface area (TPSA) is 68.3 Å². The van der Waals surface area contributed by atoms with Gasteiger partial charge in [-0.05, 0) is 13.0 Å². The van der Waals surface area contributed by atoms with E-state index in [1.54, 1.807) is 0 Å². The summed E-state index contributed by atoms with van der Waals surface area (Å²) >= 11 is 0. The van der Waals surface area contributed by atoms with Crippen LogP contribution in [0.5, 0.6) is 0 Å². The summed E-state index contributed by atoms with van der Waals surface area (Å²) in [6.07, 6.45) is 2.28. The maximum Gasteiger partial charge on any atom is 0.140 e. The third-order valence-corrected chi connectivity index (χ3v) is 3.08. The second-order valence-corrected chi connectivity index (χ2v) is 4.24. The number of hydrogen-bond donors (Lipinski definition) is 2. The summed E-state index contributed by atoms with van der Waals surface area (Å²) in [5.41, 5.74) is 3.90. The van der Waals surface area contributed by atoms with E-state index in [-0.39, 0.29) is 0 Å². The van der Waals surface area contributed by atoms with Crippen molar-refractivity contribution < 1.29 is 0 Å². The average molecular weight is 236 g/mol. The number of benzene rings is 1. The van der Waals surface area contributed by atoms with Gasteiger partial charge < -0.3 is 9.97 Å². The molecule has 0 bridgehead atoms. The molecule has 0 unspecified atom stereocenters. The fourth-order valence-electron chi connectivity index (χ4n) is 2.14. The number of nitriles is 1. The third-order valence-electron chi connectivity index (χ3n) is 3.08. The van der Waals surface area contributed by atoms with Crippen LogP contribution in [0.1, 0.15) is 11.4 Å². The van der Waals surface area contributed by atoms with Crippen LogP contribution in [0.2, 0.25) is 0 Å². The summed E-state index contributed by atoms with van der Waals surface area (Å²) in [5.74, 6) is 0.815. The zero-order valence-corrected chi connectivity index (χ0v) is 9.99. The molecule has 0 fully saturated rings. The van der Waals surface area contributed by atoms with E-state index in [0.29, 0.717) is 6.42 Å². The monoisotopic (exact) mass is 236 g/mol. The van der Waals surface area contributed by atoms with Crippen molar-refractivity contribution >= 4 is 10.9 Å². The third kappa shape index (κ3) is 1.57. The maximum absolute atomic E-state index is 8.75. The van der Waals surface area contributed by atoms with E-state index in [4.69, 9.17) is 5.26 Å². The molecular weight excluding hydrogens is 224 g/mol. The number of rotatable bonds is 2. The van der Waals surface area contributed by atoms with Crippen molar-refractivity contribution in [2.24, 2.45) is 0 Å². The number of hydrogen-bond acceptors (Lipinski definition) is 2. The first-order valence-electron chi connectivity index (χ1n) is 5.78. The predicted octanol–water partition coefficient (Wildman–Crippen LogP) is 2.93. The number of nitrogens with zero attached hydrogens (tertiary/aromatic N) is 2. The SMILES string of the molecule is Cc1[nH]c(-c2c[nH]c3ccccc23)nc1CC#N. The molecule has 0 amide bonds. The van der Waals surface area contributed by atoms with E-state index < -0.39 is 0 Å². The van der Waals surface area contributed by atoms with Crippen LogP contribution in [0.3, 0.4) is 0 Å². The number of aryl methyl sites for hydroxylation is 1. The van der Waals surface area contributed by atoms with E-state index in [9.17, 15) is 0 Å². The van der Waals surface area contributed by atoms with E-state index in [2.05, 4.69) is 27.1 Å². The highest BCUT2D eigenvalue weighted by Crippen LogP contribution is 2.27. The molecule has 0 saturated heterocycles. The lowest BCUT2D eigenvalue weighted by Gasteiger charge is -1.93. The van der Waals surface area contributed by atoms with Gasteiger partial charge in [-0.3, -0.25) is 0 Å². The Bertz CT molecular complexity index is 743. The van der Waals surface area contributed by atoms with Crippen molar-refractivity contribution in [1.29, 1.82) is 5.26 Å². The van der Waals surface area contributed by atoms with Gasteiger partial charge in [-0.2, -0.15) is 5.26 Å². The number of para-hydroxylation sites is 1. The number of aromatic amines is 2. The Morgan fingerprint density at radius 1 is 1.33 bits per heavy atom. The molecule has 2 aromatic heterocycles. The van der Waals surface area contributed by atoms with Crippen molar-refractivity contribution in [1.82, 2.24) is 15.0 Å². The first-order chi connectivity index (χ1) is 8.79. The fourth-order valence-corrected chi connectivity index (χ4v) is 2.14. The number of aromatic nitrogens is 3. The lowest BCUT2D eigenvalue weighted by molar-refractivity contribution is 1.12. The lowest BCUT2D eigenvalue weighted by atomic mass is 10.2. The van der Waals surface area contributed by atoms with Crippen LogP contribution in [0, 0.1) is 18.3 Å². The molecule has 88 valence electrons. The second kappa shape index (κ2) is 4.04. The molecule has 1 aromatic carbocycles. The number of fused-ring (bicyclic) bond motifs is 1. The van der Waals surface area contributed by atoms with Crippen LogP contribution in [-0.2, 0) is 6.42 Å². The number of H-pyrrole nitrogens is 2. The van der Waals surface area contributed by atoms with Gasteiger partial charge in [-0.25, -0.2) is 4.98 Å². The summed E-state index contributed by atoms with van der Waals surface area (Å²) in [7, 11) is 0. The van der Waals surface area contributed by atoms with Crippen LogP contribution in [0.4, 0.5) is 0 Å². The smallest absolute Gasteiger partial charge is 0.140 e. The van der Waals surface area contributed by atoms with Crippen LogP contribution < -0.4 is 0 Å². The Labute approximate surface area is 104 Å². The van der Waals surface area contributed by atoms with Gasteiger partial charge in [0.1, 0.15) is 5.82 Å². The highest BCUT2D eigenvalue weighted by atomic mass is 14.9. The van der Waals surface area contributed by atoms with Gasteiger partial charge in [0.05, 0.1) is 18.2 Å². The highest BCUT2D eigenvalue weighted by molar-refractivity contribution is 5.93. The van der Waals surface area contributed by atoms with Gasteiger partial charge >= 0.3 is 0 Å². The number of imidazole rings is 1. The Morgan fingerprint density at radius 3 is 3.00 bits per heavy atom. The molecule has 4 nitrogen and oxygen atoms in total. The van der Waals surface area contributed by atoms with Crippen molar-refractivity contribution in [2.45, 2.75) is 13.3 Å². The van der Waals surface area contributed by atoms with Crippen molar-refractivity contribution in [3.8, 4) is 17.5 Å². The van der Waals surface area contributed by atoms with E-state index >= 15 is 0 Å². The molecule has 3 aromatic rings. The van der Waals surface area contributed by atoms with E-state index in [0.717, 1.165) is 33.7 Å². The van der Waals surface area contributed by atoms with Gasteiger partial charge in [0.25, 0.3) is 0 Å². The molecule has 4 heteroatoms. The second-order valence-electron chi connectivity index (χ2n) is 4.24. The van der Waals surface area contributed by atoms with Crippen molar-refractivity contribution in [3.63, 3.8) is 0 Å². The molecule has 0 spiro atoms. The predicted molar refractivity (Wildman–Crippen MR) is 69.9 cm³/mol. The molecule has 0 aliphatic rings. The summed E-state index contributed by atoms with van der Waals surface area (Å²) in [5, 5.41) is 9.88. The van der Waals surface area contributed by atoms with Crippen LogP contribution in [0.15, 0.2) is 30.5 Å². The highest BCUT2D eigenvalue weighted by Gasteiger charge is 2.11. The molecular formula is C14H12N4. The van der Waals surface area contributed by atoms with E-state index in [1.165, 1.54) is 0 Å². The first kappa shape index (κ1) is 10.6. The van der Waals surface area contributed by atoms with E-state index in [1.807, 2.05) is 31.3 Å². The van der Waals surface area contributed by atoms with Crippen molar-refractivity contribution in [2.75, 3.05) is 0 Å². The van der Waals surface area contributed by atoms with Crippen LogP contribution in [0.25, 0.3) is 22.3 Å². The molecule has 3 rings (SSSR count). The van der Waals surface area contributed by atoms with Gasteiger partial charge in [0.2, 0.25) is 0 Å². The Hall–Kier alpha value is -2.54. The Kier molecular flexibility index (Phi) is 2.38. The fraction of sp³-hybridized carbons (Fsp3) is 0.143. The largest absolute Gasteiger partial charge is 0.360 e. The summed E-state index contributed by atoms with van der Waals surface area (Å²) in [6, 6.07) is 10.2. The Morgan fingerprint density at radius 2 is 2.17 bits per heavy atom. The number of nitrogens with one attached hydrogen (secondary N) is 2. The Balaban J connectivity index is 2.15. The summed E-state index contributed by atoms with van der Waals surface area (Å²) < 4.78 is 0. The molecule has 2 heterocycles. The molecule has 0 radical (unpaired) electrons.